The topological polar surface area (TPSA) is 53.3 Å². The lowest BCUT2D eigenvalue weighted by atomic mass is 9.80. The average molecular weight is 250 g/mol. The van der Waals surface area contributed by atoms with Crippen LogP contribution in [0.5, 0.6) is 0 Å². The molecule has 1 saturated carbocycles. The van der Waals surface area contributed by atoms with E-state index >= 15 is 0 Å². The molecular formula is C14H22N2O2. The molecule has 1 aliphatic heterocycles. The number of nitriles is 1. The van der Waals surface area contributed by atoms with Crippen LogP contribution in [0.4, 0.5) is 0 Å². The van der Waals surface area contributed by atoms with Gasteiger partial charge in [0.1, 0.15) is 6.04 Å². The second-order valence-corrected chi connectivity index (χ2v) is 6.24. The highest BCUT2D eigenvalue weighted by Gasteiger charge is 2.44. The lowest BCUT2D eigenvalue weighted by Gasteiger charge is -2.31. The highest BCUT2D eigenvalue weighted by atomic mass is 16.5. The average Bonchev–Trinajstić information content (AvgIpc) is 3.12. The molecule has 0 N–H and O–H groups in total. The number of rotatable bonds is 4. The fraction of sp³-hybridized carbons (Fsp3) is 0.857. The van der Waals surface area contributed by atoms with Gasteiger partial charge in [0, 0.05) is 6.04 Å². The Labute approximate surface area is 109 Å². The summed E-state index contributed by atoms with van der Waals surface area (Å²) in [4.78, 5) is 13.3. The van der Waals surface area contributed by atoms with Crippen molar-refractivity contribution in [1.82, 2.24) is 4.90 Å². The molecule has 0 aromatic heterocycles. The van der Waals surface area contributed by atoms with Crippen molar-refractivity contribution in [3.05, 3.63) is 0 Å². The zero-order valence-corrected chi connectivity index (χ0v) is 11.5. The zero-order chi connectivity index (χ0) is 13.3. The second-order valence-electron chi connectivity index (χ2n) is 6.24. The summed E-state index contributed by atoms with van der Waals surface area (Å²) in [6, 6.07) is -0.158. The van der Waals surface area contributed by atoms with Crippen LogP contribution < -0.4 is 0 Å². The summed E-state index contributed by atoms with van der Waals surface area (Å²) >= 11 is 0. The van der Waals surface area contributed by atoms with E-state index in [1.54, 1.807) is 4.90 Å². The molecule has 0 aromatic carbocycles. The van der Waals surface area contributed by atoms with E-state index in [1.807, 2.05) is 0 Å². The molecule has 4 heteroatoms. The number of esters is 1. The lowest BCUT2D eigenvalue weighted by molar-refractivity contribution is -0.145. The van der Waals surface area contributed by atoms with E-state index in [9.17, 15) is 10.1 Å². The van der Waals surface area contributed by atoms with E-state index in [1.165, 1.54) is 20.0 Å². The number of nitrogens with zero attached hydrogens (tertiary/aromatic N) is 2. The maximum atomic E-state index is 11.6. The van der Waals surface area contributed by atoms with E-state index in [0.717, 1.165) is 25.2 Å². The van der Waals surface area contributed by atoms with Gasteiger partial charge in [-0.25, -0.2) is 4.79 Å². The Morgan fingerprint density at radius 3 is 2.56 bits per heavy atom. The molecule has 2 aliphatic rings. The molecule has 2 atom stereocenters. The molecule has 1 heterocycles. The monoisotopic (exact) mass is 250 g/mol. The quantitative estimate of drug-likeness (QED) is 0.567. The van der Waals surface area contributed by atoms with Crippen molar-refractivity contribution >= 4 is 5.97 Å². The third-order valence-corrected chi connectivity index (χ3v) is 4.54. The van der Waals surface area contributed by atoms with Gasteiger partial charge in [0.2, 0.25) is 0 Å². The maximum Gasteiger partial charge on any atom is 0.329 e. The standard InChI is InChI=1S/C14H22N2O2/c1-14(2,10-4-5-10)8-11-6-7-12(13(17)18-3)16(11)9-15/h10-12H,4-8H2,1-3H3. The van der Waals surface area contributed by atoms with Gasteiger partial charge in [0.05, 0.1) is 7.11 Å². The van der Waals surface area contributed by atoms with Crippen molar-refractivity contribution in [2.45, 2.75) is 58.0 Å². The van der Waals surface area contributed by atoms with E-state index < -0.39 is 0 Å². The number of ether oxygens (including phenoxy) is 1. The summed E-state index contributed by atoms with van der Waals surface area (Å²) in [6.07, 6.45) is 7.48. The second kappa shape index (κ2) is 4.79. The molecule has 0 spiro atoms. The van der Waals surface area contributed by atoms with Crippen molar-refractivity contribution in [3.63, 3.8) is 0 Å². The van der Waals surface area contributed by atoms with Crippen molar-refractivity contribution in [1.29, 1.82) is 5.26 Å². The number of hydrogen-bond donors (Lipinski definition) is 0. The van der Waals surface area contributed by atoms with Crippen LogP contribution in [0.2, 0.25) is 0 Å². The zero-order valence-electron chi connectivity index (χ0n) is 11.5. The molecule has 2 rings (SSSR count). The van der Waals surface area contributed by atoms with Crippen LogP contribution in [-0.4, -0.2) is 30.1 Å². The van der Waals surface area contributed by atoms with Gasteiger partial charge in [-0.2, -0.15) is 5.26 Å². The molecule has 0 bridgehead atoms. The summed E-state index contributed by atoms with van der Waals surface area (Å²) in [5.41, 5.74) is 0.283. The number of hydrogen-bond acceptors (Lipinski definition) is 4. The molecule has 18 heavy (non-hydrogen) atoms. The number of likely N-dealkylation sites (tertiary alicyclic amines) is 1. The maximum absolute atomic E-state index is 11.6. The highest BCUT2D eigenvalue weighted by molar-refractivity contribution is 5.76. The van der Waals surface area contributed by atoms with Crippen molar-refractivity contribution in [3.8, 4) is 6.19 Å². The number of methoxy groups -OCH3 is 1. The Morgan fingerprint density at radius 2 is 2.06 bits per heavy atom. The van der Waals surface area contributed by atoms with Gasteiger partial charge in [0.25, 0.3) is 0 Å². The Hall–Kier alpha value is -1.24. The fourth-order valence-corrected chi connectivity index (χ4v) is 3.24. The highest BCUT2D eigenvalue weighted by Crippen LogP contribution is 2.49. The Kier molecular flexibility index (Phi) is 3.52. The molecule has 100 valence electrons. The molecule has 0 radical (unpaired) electrons. The summed E-state index contributed by atoms with van der Waals surface area (Å²) in [6.45, 7) is 4.57. The van der Waals surface area contributed by atoms with Crippen LogP contribution in [0.25, 0.3) is 0 Å². The summed E-state index contributed by atoms with van der Waals surface area (Å²) < 4.78 is 4.77. The lowest BCUT2D eigenvalue weighted by Crippen LogP contribution is -2.39. The Bertz CT molecular complexity index is 368. The predicted molar refractivity (Wildman–Crippen MR) is 67.4 cm³/mol. The predicted octanol–water partition coefficient (Wildman–Crippen LogP) is 2.30. The van der Waals surface area contributed by atoms with Crippen molar-refractivity contribution < 1.29 is 9.53 Å². The molecular weight excluding hydrogens is 228 g/mol. The van der Waals surface area contributed by atoms with Gasteiger partial charge in [-0.05, 0) is 43.4 Å². The van der Waals surface area contributed by atoms with E-state index in [2.05, 4.69) is 20.0 Å². The summed E-state index contributed by atoms with van der Waals surface area (Å²) in [5.74, 6) is 0.526. The molecule has 2 unspecified atom stereocenters. The third kappa shape index (κ3) is 2.45. The van der Waals surface area contributed by atoms with Crippen LogP contribution in [-0.2, 0) is 9.53 Å². The fourth-order valence-electron chi connectivity index (χ4n) is 3.24. The first kappa shape index (κ1) is 13.2. The first-order valence-corrected chi connectivity index (χ1v) is 6.75. The van der Waals surface area contributed by atoms with E-state index in [0.29, 0.717) is 0 Å². The molecule has 0 amide bonds. The first-order valence-electron chi connectivity index (χ1n) is 6.75. The van der Waals surface area contributed by atoms with Crippen LogP contribution in [0.1, 0.15) is 46.0 Å². The van der Waals surface area contributed by atoms with E-state index in [-0.39, 0.29) is 23.5 Å². The van der Waals surface area contributed by atoms with Gasteiger partial charge < -0.3 is 4.74 Å². The first-order chi connectivity index (χ1) is 8.49. The molecule has 2 fully saturated rings. The number of carbonyl (C=O) groups excluding carboxylic acids is 1. The van der Waals surface area contributed by atoms with E-state index in [4.69, 9.17) is 4.74 Å². The van der Waals surface area contributed by atoms with Crippen molar-refractivity contribution in [2.75, 3.05) is 7.11 Å². The van der Waals surface area contributed by atoms with Gasteiger partial charge in [0.15, 0.2) is 6.19 Å². The summed E-state index contributed by atoms with van der Waals surface area (Å²) in [7, 11) is 1.39. The third-order valence-electron chi connectivity index (χ3n) is 4.54. The van der Waals surface area contributed by atoms with Gasteiger partial charge in [-0.15, -0.1) is 0 Å². The van der Waals surface area contributed by atoms with Crippen LogP contribution in [0.15, 0.2) is 0 Å². The largest absolute Gasteiger partial charge is 0.467 e. The molecule has 0 aromatic rings. The Balaban J connectivity index is 2.02. The summed E-state index contributed by atoms with van der Waals surface area (Å²) in [5, 5.41) is 9.27. The van der Waals surface area contributed by atoms with Gasteiger partial charge in [-0.3, -0.25) is 4.90 Å². The minimum Gasteiger partial charge on any atom is -0.467 e. The SMILES string of the molecule is COC(=O)C1CCC(CC(C)(C)C2CC2)N1C#N. The smallest absolute Gasteiger partial charge is 0.329 e. The molecule has 1 saturated heterocycles. The normalized spacial score (nSPS) is 28.0. The molecule has 1 aliphatic carbocycles. The Morgan fingerprint density at radius 1 is 1.39 bits per heavy atom. The minimum atomic E-state index is -0.361. The van der Waals surface area contributed by atoms with Crippen LogP contribution >= 0.6 is 0 Å². The van der Waals surface area contributed by atoms with Crippen LogP contribution in [0.3, 0.4) is 0 Å². The van der Waals surface area contributed by atoms with Crippen molar-refractivity contribution in [2.24, 2.45) is 11.3 Å². The number of carbonyl (C=O) groups is 1. The van der Waals surface area contributed by atoms with Crippen LogP contribution in [0, 0.1) is 22.8 Å². The minimum absolute atomic E-state index is 0.203. The van der Waals surface area contributed by atoms with Gasteiger partial charge in [-0.1, -0.05) is 13.8 Å². The molecule has 4 nitrogen and oxygen atoms in total. The van der Waals surface area contributed by atoms with Gasteiger partial charge >= 0.3 is 5.97 Å².